The second kappa shape index (κ2) is 7.10. The number of para-hydroxylation sites is 1. The fourth-order valence-corrected chi connectivity index (χ4v) is 3.30. The first kappa shape index (κ1) is 16.6. The number of allylic oxidation sites excluding steroid dienone is 1. The minimum absolute atomic E-state index is 0.000442. The first-order valence-corrected chi connectivity index (χ1v) is 8.04. The van der Waals surface area contributed by atoms with E-state index in [4.69, 9.17) is 5.26 Å². The van der Waals surface area contributed by atoms with Crippen molar-refractivity contribution >= 4 is 17.5 Å². The molecule has 0 bridgehead atoms. The van der Waals surface area contributed by atoms with Gasteiger partial charge >= 0.3 is 0 Å². The summed E-state index contributed by atoms with van der Waals surface area (Å²) in [6.07, 6.45) is 4.97. The van der Waals surface area contributed by atoms with Crippen LogP contribution in [-0.2, 0) is 4.79 Å². The summed E-state index contributed by atoms with van der Waals surface area (Å²) in [6.45, 7) is 0. The van der Waals surface area contributed by atoms with Crippen LogP contribution in [0.1, 0.15) is 35.4 Å². The number of nitrogens with zero attached hydrogens (tertiary/aromatic N) is 2. The van der Waals surface area contributed by atoms with Crippen molar-refractivity contribution in [3.63, 3.8) is 0 Å². The summed E-state index contributed by atoms with van der Waals surface area (Å²) < 4.78 is 0. The van der Waals surface area contributed by atoms with Crippen LogP contribution in [0.5, 0.6) is 0 Å². The van der Waals surface area contributed by atoms with Crippen LogP contribution >= 0.6 is 0 Å². The fraction of sp³-hybridized carbons (Fsp3) is 0.200. The molecule has 124 valence electrons. The van der Waals surface area contributed by atoms with Crippen molar-refractivity contribution in [2.24, 2.45) is 5.92 Å². The molecule has 0 N–H and O–H groups in total. The average Bonchev–Trinajstić information content (AvgIpc) is 3.00. The number of nitriles is 1. The molecule has 0 aliphatic heterocycles. The van der Waals surface area contributed by atoms with Crippen molar-refractivity contribution in [2.75, 3.05) is 0 Å². The number of rotatable bonds is 4. The molecule has 3 rings (SSSR count). The van der Waals surface area contributed by atoms with Crippen molar-refractivity contribution < 1.29 is 9.72 Å². The lowest BCUT2D eigenvalue weighted by atomic mass is 9.86. The Bertz CT molecular complexity index is 879. The molecule has 0 aromatic heterocycles. The Labute approximate surface area is 145 Å². The zero-order valence-electron chi connectivity index (χ0n) is 13.5. The Morgan fingerprint density at radius 1 is 1.16 bits per heavy atom. The molecule has 1 saturated carbocycles. The number of hydrogen-bond donors (Lipinski definition) is 0. The summed E-state index contributed by atoms with van der Waals surface area (Å²) in [5.74, 6) is -0.496. The smallest absolute Gasteiger partial charge is 0.273 e. The van der Waals surface area contributed by atoms with E-state index < -0.39 is 10.8 Å². The maximum absolute atomic E-state index is 12.4. The van der Waals surface area contributed by atoms with Gasteiger partial charge in [-0.2, -0.15) is 5.26 Å². The second-order valence-corrected chi connectivity index (χ2v) is 6.06. The summed E-state index contributed by atoms with van der Waals surface area (Å²) in [4.78, 5) is 23.2. The number of benzene rings is 2. The number of hydrogen-bond acceptors (Lipinski definition) is 4. The lowest BCUT2D eigenvalue weighted by Gasteiger charge is -2.15. The van der Waals surface area contributed by atoms with Gasteiger partial charge in [-0.05, 0) is 30.0 Å². The van der Waals surface area contributed by atoms with Crippen molar-refractivity contribution in [1.29, 1.82) is 5.26 Å². The Hall–Kier alpha value is -3.26. The quantitative estimate of drug-likeness (QED) is 0.619. The molecule has 2 atom stereocenters. The highest BCUT2D eigenvalue weighted by molar-refractivity contribution is 5.89. The molecule has 0 amide bonds. The number of carbonyl (C=O) groups excluding carboxylic acids is 1. The largest absolute Gasteiger partial charge is 0.299 e. The number of ketones is 1. The molecule has 2 aromatic rings. The van der Waals surface area contributed by atoms with Crippen molar-refractivity contribution in [3.05, 3.63) is 81.4 Å². The van der Waals surface area contributed by atoms with Crippen LogP contribution in [0.2, 0.25) is 0 Å². The molecule has 1 aliphatic carbocycles. The van der Waals surface area contributed by atoms with E-state index in [1.807, 2.05) is 24.3 Å². The van der Waals surface area contributed by atoms with Crippen LogP contribution in [0, 0.1) is 27.4 Å². The van der Waals surface area contributed by atoms with E-state index >= 15 is 0 Å². The van der Waals surface area contributed by atoms with Crippen molar-refractivity contribution in [3.8, 4) is 6.07 Å². The summed E-state index contributed by atoms with van der Waals surface area (Å²) in [6, 6.07) is 15.7. The van der Waals surface area contributed by atoms with E-state index in [0.29, 0.717) is 24.0 Å². The monoisotopic (exact) mass is 332 g/mol. The molecule has 5 nitrogen and oxygen atoms in total. The number of Topliss-reactive ketones (excluding diaryl/α,β-unsaturated/α-hetero) is 1. The SMILES string of the molecule is N#Cc1ccc(/C=C/[C@@H]2CCC(=O)[C@H]2c2ccccc2[N+](=O)[O-])cc1. The van der Waals surface area contributed by atoms with E-state index in [2.05, 4.69) is 6.07 Å². The van der Waals surface area contributed by atoms with Crippen LogP contribution in [0.15, 0.2) is 54.6 Å². The molecule has 1 aliphatic rings. The predicted octanol–water partition coefficient (Wildman–Crippen LogP) is 4.24. The van der Waals surface area contributed by atoms with Gasteiger partial charge in [-0.25, -0.2) is 0 Å². The Morgan fingerprint density at radius 3 is 2.56 bits per heavy atom. The fourth-order valence-electron chi connectivity index (χ4n) is 3.30. The molecule has 2 aromatic carbocycles. The van der Waals surface area contributed by atoms with Crippen molar-refractivity contribution in [1.82, 2.24) is 0 Å². The molecule has 5 heteroatoms. The molecular formula is C20H16N2O3. The molecule has 0 saturated heterocycles. The predicted molar refractivity (Wildman–Crippen MR) is 93.8 cm³/mol. The Balaban J connectivity index is 1.89. The minimum Gasteiger partial charge on any atom is -0.299 e. The summed E-state index contributed by atoms with van der Waals surface area (Å²) in [5.41, 5.74) is 2.01. The zero-order chi connectivity index (χ0) is 17.8. The first-order valence-electron chi connectivity index (χ1n) is 8.04. The third-order valence-corrected chi connectivity index (χ3v) is 4.54. The van der Waals surface area contributed by atoms with Crippen molar-refractivity contribution in [2.45, 2.75) is 18.8 Å². The zero-order valence-corrected chi connectivity index (χ0v) is 13.5. The van der Waals surface area contributed by atoms with E-state index in [9.17, 15) is 14.9 Å². The molecule has 1 fully saturated rings. The lowest BCUT2D eigenvalue weighted by Crippen LogP contribution is -2.13. The second-order valence-electron chi connectivity index (χ2n) is 6.06. The summed E-state index contributed by atoms with van der Waals surface area (Å²) in [5, 5.41) is 20.1. The highest BCUT2D eigenvalue weighted by Crippen LogP contribution is 2.41. The summed E-state index contributed by atoms with van der Waals surface area (Å²) in [7, 11) is 0. The van der Waals surface area contributed by atoms with Crippen LogP contribution in [0.4, 0.5) is 5.69 Å². The van der Waals surface area contributed by atoms with E-state index in [1.54, 1.807) is 30.3 Å². The molecule has 25 heavy (non-hydrogen) atoms. The van der Waals surface area contributed by atoms with Gasteiger partial charge in [0.25, 0.3) is 5.69 Å². The first-order chi connectivity index (χ1) is 12.1. The molecular weight excluding hydrogens is 316 g/mol. The number of nitro groups is 1. The van der Waals surface area contributed by atoms with Gasteiger partial charge in [0.1, 0.15) is 5.78 Å². The number of nitro benzene ring substituents is 1. The normalized spacial score (nSPS) is 19.9. The Morgan fingerprint density at radius 2 is 1.88 bits per heavy atom. The van der Waals surface area contributed by atoms with E-state index in [0.717, 1.165) is 5.56 Å². The van der Waals surface area contributed by atoms with Gasteiger partial charge in [-0.15, -0.1) is 0 Å². The standard InChI is InChI=1S/C20H16N2O3/c21-13-15-7-5-14(6-8-15)9-10-16-11-12-19(23)20(16)17-3-1-2-4-18(17)22(24)25/h1-10,16,20H,11-12H2/b10-9+/t16-,20-/m1/s1. The van der Waals surface area contributed by atoms with Crippen LogP contribution < -0.4 is 0 Å². The highest BCUT2D eigenvalue weighted by Gasteiger charge is 2.37. The van der Waals surface area contributed by atoms with Crippen LogP contribution in [-0.4, -0.2) is 10.7 Å². The topological polar surface area (TPSA) is 84.0 Å². The molecule has 0 unspecified atom stereocenters. The third kappa shape index (κ3) is 3.48. The molecule has 0 radical (unpaired) electrons. The van der Waals surface area contributed by atoms with Gasteiger partial charge in [0.05, 0.1) is 22.5 Å². The molecule has 0 heterocycles. The van der Waals surface area contributed by atoms with Gasteiger partial charge < -0.3 is 0 Å². The number of carbonyl (C=O) groups is 1. The van der Waals surface area contributed by atoms with E-state index in [1.165, 1.54) is 6.07 Å². The van der Waals surface area contributed by atoms with Gasteiger partial charge in [-0.1, -0.05) is 42.5 Å². The van der Waals surface area contributed by atoms with Crippen LogP contribution in [0.3, 0.4) is 0 Å². The highest BCUT2D eigenvalue weighted by atomic mass is 16.6. The lowest BCUT2D eigenvalue weighted by molar-refractivity contribution is -0.385. The minimum atomic E-state index is -0.476. The maximum atomic E-state index is 12.4. The molecule has 0 spiro atoms. The van der Waals surface area contributed by atoms with Gasteiger partial charge in [-0.3, -0.25) is 14.9 Å². The van der Waals surface area contributed by atoms with Crippen LogP contribution in [0.25, 0.3) is 6.08 Å². The maximum Gasteiger partial charge on any atom is 0.273 e. The Kier molecular flexibility index (Phi) is 4.71. The third-order valence-electron chi connectivity index (χ3n) is 4.54. The van der Waals surface area contributed by atoms with Gasteiger partial charge in [0.15, 0.2) is 0 Å². The average molecular weight is 332 g/mol. The van der Waals surface area contributed by atoms with E-state index in [-0.39, 0.29) is 17.4 Å². The van der Waals surface area contributed by atoms with Gasteiger partial charge in [0.2, 0.25) is 0 Å². The van der Waals surface area contributed by atoms with Gasteiger partial charge in [0, 0.05) is 18.1 Å². The summed E-state index contributed by atoms with van der Waals surface area (Å²) >= 11 is 0.